The number of hydrogen-bond donors (Lipinski definition) is 0. The summed E-state index contributed by atoms with van der Waals surface area (Å²) in [5.41, 5.74) is 2.06. The molecule has 0 N–H and O–H groups in total. The number of rotatable bonds is 5. The van der Waals surface area contributed by atoms with Crippen molar-refractivity contribution in [3.63, 3.8) is 0 Å². The van der Waals surface area contributed by atoms with Crippen molar-refractivity contribution in [2.45, 2.75) is 25.5 Å². The maximum absolute atomic E-state index is 13.8. The molecule has 0 aliphatic carbocycles. The average molecular weight is 471 g/mol. The summed E-state index contributed by atoms with van der Waals surface area (Å²) in [5, 5.41) is 4.62. The molecule has 10 nitrogen and oxygen atoms in total. The summed E-state index contributed by atoms with van der Waals surface area (Å²) in [6.45, 7) is 4.98. The summed E-state index contributed by atoms with van der Waals surface area (Å²) in [6.07, 6.45) is 3.20. The Morgan fingerprint density at radius 3 is 2.82 bits per heavy atom. The van der Waals surface area contributed by atoms with Crippen LogP contribution in [0.15, 0.2) is 33.8 Å². The van der Waals surface area contributed by atoms with Crippen LogP contribution in [0.2, 0.25) is 5.02 Å². The zero-order valence-electron chi connectivity index (χ0n) is 17.9. The first-order valence-electron chi connectivity index (χ1n) is 11.1. The Morgan fingerprint density at radius 1 is 1.12 bits per heavy atom. The molecule has 2 aliphatic heterocycles. The number of morpholine rings is 1. The van der Waals surface area contributed by atoms with Crippen LogP contribution in [0.1, 0.15) is 24.8 Å². The SMILES string of the molecule is O=c1c2c(-c3noc(C4CCCO4)n3)ncn2c2cccc(Cl)c2n1CCN1CCOCC1. The average Bonchev–Trinajstić information content (AvgIpc) is 3.60. The van der Waals surface area contributed by atoms with E-state index in [2.05, 4.69) is 20.0 Å². The fraction of sp³-hybridized carbons (Fsp3) is 0.455. The van der Waals surface area contributed by atoms with Gasteiger partial charge in [-0.2, -0.15) is 4.98 Å². The molecule has 1 unspecified atom stereocenters. The summed E-state index contributed by atoms with van der Waals surface area (Å²) in [5.74, 6) is 0.696. The summed E-state index contributed by atoms with van der Waals surface area (Å²) < 4.78 is 20.0. The molecule has 172 valence electrons. The van der Waals surface area contributed by atoms with Crippen molar-refractivity contribution in [3.05, 3.63) is 45.8 Å². The minimum absolute atomic E-state index is 0.195. The number of hydrogen-bond acceptors (Lipinski definition) is 8. The summed E-state index contributed by atoms with van der Waals surface area (Å²) in [6, 6.07) is 5.59. The third-order valence-corrected chi connectivity index (χ3v) is 6.62. The fourth-order valence-corrected chi connectivity index (χ4v) is 4.88. The molecule has 0 amide bonds. The predicted molar refractivity (Wildman–Crippen MR) is 120 cm³/mol. The number of nitrogens with zero attached hydrogens (tertiary/aromatic N) is 6. The predicted octanol–water partition coefficient (Wildman–Crippen LogP) is 2.54. The van der Waals surface area contributed by atoms with Crippen LogP contribution in [0.5, 0.6) is 0 Å². The smallest absolute Gasteiger partial charge is 0.277 e. The Hall–Kier alpha value is -2.79. The highest BCUT2D eigenvalue weighted by Crippen LogP contribution is 2.30. The second-order valence-corrected chi connectivity index (χ2v) is 8.70. The lowest BCUT2D eigenvalue weighted by Crippen LogP contribution is -2.39. The molecule has 5 heterocycles. The molecule has 0 radical (unpaired) electrons. The zero-order chi connectivity index (χ0) is 22.4. The fourth-order valence-electron chi connectivity index (χ4n) is 4.61. The van der Waals surface area contributed by atoms with E-state index >= 15 is 0 Å². The molecule has 2 saturated heterocycles. The molecule has 1 atom stereocenters. The van der Waals surface area contributed by atoms with Crippen molar-refractivity contribution >= 4 is 28.2 Å². The van der Waals surface area contributed by atoms with Crippen molar-refractivity contribution in [3.8, 4) is 11.5 Å². The van der Waals surface area contributed by atoms with Gasteiger partial charge in [0, 0.05) is 32.8 Å². The van der Waals surface area contributed by atoms with Crippen LogP contribution in [0.25, 0.3) is 28.1 Å². The topological polar surface area (TPSA) is 99.9 Å². The molecule has 3 aromatic heterocycles. The van der Waals surface area contributed by atoms with Gasteiger partial charge in [-0.15, -0.1) is 0 Å². The van der Waals surface area contributed by atoms with E-state index in [9.17, 15) is 4.79 Å². The molecule has 0 saturated carbocycles. The van der Waals surface area contributed by atoms with Crippen LogP contribution >= 0.6 is 11.6 Å². The first-order chi connectivity index (χ1) is 16.2. The van der Waals surface area contributed by atoms with Crippen LogP contribution in [-0.4, -0.2) is 68.4 Å². The third kappa shape index (κ3) is 3.63. The minimum atomic E-state index is -0.204. The number of aromatic nitrogens is 5. The van der Waals surface area contributed by atoms with Gasteiger partial charge in [0.05, 0.1) is 29.3 Å². The van der Waals surface area contributed by atoms with E-state index in [0.29, 0.717) is 60.6 Å². The van der Waals surface area contributed by atoms with E-state index < -0.39 is 0 Å². The molecular formula is C22H23ClN6O4. The molecule has 0 spiro atoms. The van der Waals surface area contributed by atoms with Gasteiger partial charge >= 0.3 is 0 Å². The van der Waals surface area contributed by atoms with E-state index in [1.807, 2.05) is 12.1 Å². The van der Waals surface area contributed by atoms with Gasteiger partial charge < -0.3 is 18.6 Å². The van der Waals surface area contributed by atoms with Crippen LogP contribution in [0.4, 0.5) is 0 Å². The second-order valence-electron chi connectivity index (χ2n) is 8.29. The molecule has 6 rings (SSSR count). The number of fused-ring (bicyclic) bond motifs is 3. The lowest BCUT2D eigenvalue weighted by atomic mass is 10.2. The van der Waals surface area contributed by atoms with Crippen LogP contribution in [-0.2, 0) is 16.0 Å². The van der Waals surface area contributed by atoms with Crippen molar-refractivity contribution in [1.82, 2.24) is 29.0 Å². The van der Waals surface area contributed by atoms with Gasteiger partial charge in [-0.05, 0) is 25.0 Å². The third-order valence-electron chi connectivity index (χ3n) is 6.31. The maximum atomic E-state index is 13.8. The van der Waals surface area contributed by atoms with Crippen molar-refractivity contribution in [1.29, 1.82) is 0 Å². The zero-order valence-corrected chi connectivity index (χ0v) is 18.7. The van der Waals surface area contributed by atoms with E-state index in [0.717, 1.165) is 31.4 Å². The number of ether oxygens (including phenoxy) is 2. The Morgan fingerprint density at radius 2 is 2.00 bits per heavy atom. The highest BCUT2D eigenvalue weighted by atomic mass is 35.5. The van der Waals surface area contributed by atoms with Gasteiger partial charge in [-0.25, -0.2) is 4.98 Å². The Balaban J connectivity index is 1.47. The molecule has 2 aliphatic rings. The molecule has 4 aromatic rings. The van der Waals surface area contributed by atoms with Crippen LogP contribution in [0, 0.1) is 0 Å². The van der Waals surface area contributed by atoms with Gasteiger partial charge in [0.1, 0.15) is 23.6 Å². The first-order valence-corrected chi connectivity index (χ1v) is 11.5. The molecule has 2 fully saturated rings. The van der Waals surface area contributed by atoms with E-state index in [-0.39, 0.29) is 17.5 Å². The van der Waals surface area contributed by atoms with Gasteiger partial charge in [0.2, 0.25) is 5.82 Å². The lowest BCUT2D eigenvalue weighted by Gasteiger charge is -2.27. The highest BCUT2D eigenvalue weighted by molar-refractivity contribution is 6.35. The van der Waals surface area contributed by atoms with Crippen molar-refractivity contribution in [2.24, 2.45) is 0 Å². The normalized spacial score (nSPS) is 19.7. The minimum Gasteiger partial charge on any atom is -0.379 e. The maximum Gasteiger partial charge on any atom is 0.277 e. The highest BCUT2D eigenvalue weighted by Gasteiger charge is 2.27. The van der Waals surface area contributed by atoms with Gasteiger partial charge in [0.15, 0.2) is 0 Å². The summed E-state index contributed by atoms with van der Waals surface area (Å²) in [7, 11) is 0. The van der Waals surface area contributed by atoms with Crippen LogP contribution < -0.4 is 5.56 Å². The van der Waals surface area contributed by atoms with Gasteiger partial charge in [-0.1, -0.05) is 22.8 Å². The Labute approximate surface area is 193 Å². The van der Waals surface area contributed by atoms with Crippen molar-refractivity contribution < 1.29 is 14.0 Å². The number of benzene rings is 1. The molecule has 11 heteroatoms. The molecule has 33 heavy (non-hydrogen) atoms. The van der Waals surface area contributed by atoms with Crippen LogP contribution in [0.3, 0.4) is 0 Å². The largest absolute Gasteiger partial charge is 0.379 e. The van der Waals surface area contributed by atoms with E-state index in [1.165, 1.54) is 0 Å². The monoisotopic (exact) mass is 470 g/mol. The summed E-state index contributed by atoms with van der Waals surface area (Å²) in [4.78, 5) is 25.0. The van der Waals surface area contributed by atoms with E-state index in [1.54, 1.807) is 21.4 Å². The first kappa shape index (κ1) is 20.8. The summed E-state index contributed by atoms with van der Waals surface area (Å²) >= 11 is 6.58. The lowest BCUT2D eigenvalue weighted by molar-refractivity contribution is 0.0364. The molecular weight excluding hydrogens is 448 g/mol. The Bertz CT molecular complexity index is 1370. The van der Waals surface area contributed by atoms with E-state index in [4.69, 9.17) is 25.6 Å². The quantitative estimate of drug-likeness (QED) is 0.438. The number of halogens is 1. The van der Waals surface area contributed by atoms with Crippen molar-refractivity contribution in [2.75, 3.05) is 39.5 Å². The molecule has 0 bridgehead atoms. The second kappa shape index (κ2) is 8.53. The number of imidazole rings is 1. The Kier molecular flexibility index (Phi) is 5.37. The number of para-hydroxylation sites is 1. The van der Waals surface area contributed by atoms with Gasteiger partial charge in [-0.3, -0.25) is 14.1 Å². The molecule has 1 aromatic carbocycles. The van der Waals surface area contributed by atoms with Gasteiger partial charge in [0.25, 0.3) is 11.4 Å². The standard InChI is InChI=1S/C22H23ClN6O4/c23-14-3-1-4-15-18(14)28(7-6-27-8-11-31-12-9-27)22(30)19-17(24-13-29(15)19)20-25-21(33-26-20)16-5-2-10-32-16/h1,3-4,13,16H,2,5-12H2.